The Kier molecular flexibility index (Phi) is 3.12. The van der Waals surface area contributed by atoms with Gasteiger partial charge in [-0.2, -0.15) is 0 Å². The molecule has 0 aromatic heterocycles. The van der Waals surface area contributed by atoms with E-state index in [9.17, 15) is 4.79 Å². The molecular weight excluding hydrogens is 243 g/mol. The molecule has 0 unspecified atom stereocenters. The Labute approximate surface area is 83.6 Å². The van der Waals surface area contributed by atoms with Crippen LogP contribution in [0, 0.1) is 0 Å². The van der Waals surface area contributed by atoms with Crippen molar-refractivity contribution in [3.63, 3.8) is 0 Å². The van der Waals surface area contributed by atoms with Gasteiger partial charge in [0.15, 0.2) is 6.29 Å². The lowest BCUT2D eigenvalue weighted by Crippen LogP contribution is -1.89. The van der Waals surface area contributed by atoms with Crippen LogP contribution in [-0.2, 0) is 0 Å². The maximum Gasteiger partial charge on any atom is 0.152 e. The van der Waals surface area contributed by atoms with Crippen molar-refractivity contribution in [2.45, 2.75) is 0 Å². The molecule has 1 aromatic carbocycles. The van der Waals surface area contributed by atoms with E-state index in [1.807, 2.05) is 0 Å². The zero-order chi connectivity index (χ0) is 9.14. The smallest absolute Gasteiger partial charge is 0.152 e. The van der Waals surface area contributed by atoms with Gasteiger partial charge in [-0.05, 0) is 28.1 Å². The number of carbonyl (C=O) groups excluding carboxylic acids is 1. The van der Waals surface area contributed by atoms with Gasteiger partial charge in [0.05, 0.1) is 17.7 Å². The fourth-order valence-electron chi connectivity index (χ4n) is 0.815. The minimum Gasteiger partial charge on any atom is -0.495 e. The van der Waals surface area contributed by atoms with Crippen LogP contribution in [0.1, 0.15) is 10.4 Å². The van der Waals surface area contributed by atoms with E-state index in [0.717, 1.165) is 0 Å². The van der Waals surface area contributed by atoms with Crippen LogP contribution >= 0.6 is 27.5 Å². The predicted molar refractivity (Wildman–Crippen MR) is 51.1 cm³/mol. The molecular formula is C8H6BrClO2. The first-order chi connectivity index (χ1) is 5.70. The number of hydrogen-bond acceptors (Lipinski definition) is 2. The first-order valence-electron chi connectivity index (χ1n) is 3.18. The highest BCUT2D eigenvalue weighted by atomic mass is 79.9. The average molecular weight is 249 g/mol. The minimum atomic E-state index is 0.335. The molecule has 0 aliphatic carbocycles. The molecule has 12 heavy (non-hydrogen) atoms. The van der Waals surface area contributed by atoms with Crippen LogP contribution in [-0.4, -0.2) is 13.4 Å². The molecule has 0 N–H and O–H groups in total. The first-order valence-corrected chi connectivity index (χ1v) is 4.35. The molecule has 0 saturated carbocycles. The zero-order valence-corrected chi connectivity index (χ0v) is 8.65. The molecule has 0 aliphatic heterocycles. The molecule has 0 radical (unpaired) electrons. The number of aldehydes is 1. The Hall–Kier alpha value is -0.540. The topological polar surface area (TPSA) is 26.3 Å². The summed E-state index contributed by atoms with van der Waals surface area (Å²) < 4.78 is 5.60. The molecule has 0 aliphatic rings. The predicted octanol–water partition coefficient (Wildman–Crippen LogP) is 2.92. The summed E-state index contributed by atoms with van der Waals surface area (Å²) in [5.41, 5.74) is 0.413. The van der Waals surface area contributed by atoms with Crippen molar-refractivity contribution in [2.75, 3.05) is 7.11 Å². The molecule has 64 valence electrons. The Bertz CT molecular complexity index is 312. The monoisotopic (exact) mass is 248 g/mol. The molecule has 0 fully saturated rings. The summed E-state index contributed by atoms with van der Waals surface area (Å²) in [7, 11) is 1.50. The fourth-order valence-corrected chi connectivity index (χ4v) is 1.64. The van der Waals surface area contributed by atoms with E-state index in [1.165, 1.54) is 7.11 Å². The normalized spacial score (nSPS) is 9.58. The number of rotatable bonds is 2. The second-order valence-corrected chi connectivity index (χ2v) is 3.33. The summed E-state index contributed by atoms with van der Waals surface area (Å²) in [6.45, 7) is 0. The molecule has 4 heteroatoms. The van der Waals surface area contributed by atoms with Crippen LogP contribution in [0.5, 0.6) is 5.75 Å². The lowest BCUT2D eigenvalue weighted by atomic mass is 10.2. The Balaban J connectivity index is 3.33. The van der Waals surface area contributed by atoms with Crippen molar-refractivity contribution >= 4 is 33.8 Å². The number of hydrogen-bond donors (Lipinski definition) is 0. The third-order valence-corrected chi connectivity index (χ3v) is 2.51. The maximum absolute atomic E-state index is 10.5. The third kappa shape index (κ3) is 1.62. The molecule has 2 nitrogen and oxygen atoms in total. The van der Waals surface area contributed by atoms with E-state index in [0.29, 0.717) is 27.1 Å². The van der Waals surface area contributed by atoms with Gasteiger partial charge < -0.3 is 4.74 Å². The summed E-state index contributed by atoms with van der Waals surface area (Å²) >= 11 is 9.03. The van der Waals surface area contributed by atoms with Gasteiger partial charge in [0, 0.05) is 4.47 Å². The molecule has 0 saturated heterocycles. The van der Waals surface area contributed by atoms with Crippen molar-refractivity contribution < 1.29 is 9.53 Å². The van der Waals surface area contributed by atoms with Crippen molar-refractivity contribution in [3.05, 3.63) is 27.2 Å². The highest BCUT2D eigenvalue weighted by Crippen LogP contribution is 2.31. The van der Waals surface area contributed by atoms with E-state index in [4.69, 9.17) is 16.3 Å². The van der Waals surface area contributed by atoms with E-state index < -0.39 is 0 Å². The third-order valence-electron chi connectivity index (χ3n) is 1.43. The number of halogens is 2. The van der Waals surface area contributed by atoms with Crippen molar-refractivity contribution in [1.29, 1.82) is 0 Å². The van der Waals surface area contributed by atoms with Crippen molar-refractivity contribution in [3.8, 4) is 5.75 Å². The second kappa shape index (κ2) is 3.92. The summed E-state index contributed by atoms with van der Waals surface area (Å²) in [5.74, 6) is 0.502. The highest BCUT2D eigenvalue weighted by Gasteiger charge is 2.09. The molecule has 1 rings (SSSR count). The second-order valence-electron chi connectivity index (χ2n) is 2.10. The summed E-state index contributed by atoms with van der Waals surface area (Å²) in [6, 6.07) is 3.41. The van der Waals surface area contributed by atoms with Gasteiger partial charge in [-0.25, -0.2) is 0 Å². The van der Waals surface area contributed by atoms with E-state index in [1.54, 1.807) is 12.1 Å². The van der Waals surface area contributed by atoms with Gasteiger partial charge in [-0.1, -0.05) is 11.6 Å². The Morgan fingerprint density at radius 3 is 2.75 bits per heavy atom. The summed E-state index contributed by atoms with van der Waals surface area (Å²) in [5, 5.41) is 0.335. The molecule has 0 spiro atoms. The summed E-state index contributed by atoms with van der Waals surface area (Å²) in [4.78, 5) is 10.5. The quantitative estimate of drug-likeness (QED) is 0.753. The number of methoxy groups -OCH3 is 1. The van der Waals surface area contributed by atoms with E-state index >= 15 is 0 Å². The lowest BCUT2D eigenvalue weighted by Gasteiger charge is -2.05. The largest absolute Gasteiger partial charge is 0.495 e. The average Bonchev–Trinajstić information content (AvgIpc) is 2.06. The number of benzene rings is 1. The molecule has 0 amide bonds. The van der Waals surface area contributed by atoms with Crippen LogP contribution in [0.4, 0.5) is 0 Å². The van der Waals surface area contributed by atoms with Gasteiger partial charge in [0.1, 0.15) is 5.75 Å². The SMILES string of the molecule is COc1ccc(Br)c(C=O)c1Cl. The van der Waals surface area contributed by atoms with Crippen molar-refractivity contribution in [1.82, 2.24) is 0 Å². The van der Waals surface area contributed by atoms with Gasteiger partial charge in [-0.15, -0.1) is 0 Å². The molecule has 0 heterocycles. The molecule has 0 bridgehead atoms. The van der Waals surface area contributed by atoms with Crippen LogP contribution < -0.4 is 4.74 Å². The summed E-state index contributed by atoms with van der Waals surface area (Å²) in [6.07, 6.45) is 0.689. The number of ether oxygens (including phenoxy) is 1. The molecule has 1 aromatic rings. The fraction of sp³-hybridized carbons (Fsp3) is 0.125. The van der Waals surface area contributed by atoms with Gasteiger partial charge in [0.2, 0.25) is 0 Å². The maximum atomic E-state index is 10.5. The van der Waals surface area contributed by atoms with E-state index in [2.05, 4.69) is 15.9 Å². The van der Waals surface area contributed by atoms with Crippen LogP contribution in [0.25, 0.3) is 0 Å². The minimum absolute atomic E-state index is 0.335. The Morgan fingerprint density at radius 1 is 1.58 bits per heavy atom. The number of carbonyl (C=O) groups is 1. The molecule has 0 atom stereocenters. The highest BCUT2D eigenvalue weighted by molar-refractivity contribution is 9.10. The lowest BCUT2D eigenvalue weighted by molar-refractivity contribution is 0.112. The Morgan fingerprint density at radius 2 is 2.25 bits per heavy atom. The zero-order valence-electron chi connectivity index (χ0n) is 6.30. The van der Waals surface area contributed by atoms with Crippen LogP contribution in [0.2, 0.25) is 5.02 Å². The van der Waals surface area contributed by atoms with Gasteiger partial charge in [0.25, 0.3) is 0 Å². The van der Waals surface area contributed by atoms with Gasteiger partial charge in [-0.3, -0.25) is 4.79 Å². The van der Waals surface area contributed by atoms with Crippen LogP contribution in [0.15, 0.2) is 16.6 Å². The van der Waals surface area contributed by atoms with Crippen molar-refractivity contribution in [2.24, 2.45) is 0 Å². The standard InChI is InChI=1S/C8H6BrClO2/c1-12-7-3-2-6(9)5(4-11)8(7)10/h2-4H,1H3. The van der Waals surface area contributed by atoms with E-state index in [-0.39, 0.29) is 0 Å². The van der Waals surface area contributed by atoms with Crippen LogP contribution in [0.3, 0.4) is 0 Å². The first kappa shape index (κ1) is 9.55. The van der Waals surface area contributed by atoms with Gasteiger partial charge >= 0.3 is 0 Å².